The number of hydrogen-bond donors (Lipinski definition) is 0. The quantitative estimate of drug-likeness (QED) is 0.130. The number of pyridine rings is 1. The van der Waals surface area contributed by atoms with Crippen LogP contribution in [-0.4, -0.2) is 19.9 Å². The second-order valence-electron chi connectivity index (χ2n) is 22.0. The van der Waals surface area contributed by atoms with E-state index < -0.39 is 5.41 Å². The van der Waals surface area contributed by atoms with Crippen LogP contribution in [0.3, 0.4) is 0 Å². The number of hydrogen-bond acceptors (Lipinski definition) is 4. The second-order valence-corrected chi connectivity index (χ2v) is 22.0. The molecular formula is C67H64N4. The van der Waals surface area contributed by atoms with Crippen molar-refractivity contribution < 1.29 is 0 Å². The summed E-state index contributed by atoms with van der Waals surface area (Å²) in [4.78, 5) is 20.5. The van der Waals surface area contributed by atoms with E-state index in [4.69, 9.17) is 19.9 Å². The van der Waals surface area contributed by atoms with E-state index in [0.717, 1.165) is 40.8 Å². The number of unbranched alkanes of at least 4 members (excludes halogenated alkanes) is 2. The van der Waals surface area contributed by atoms with Gasteiger partial charge >= 0.3 is 0 Å². The molecule has 0 aliphatic heterocycles. The molecule has 1 spiro atoms. The lowest BCUT2D eigenvalue weighted by atomic mass is 9.70. The van der Waals surface area contributed by atoms with Crippen LogP contribution in [0.15, 0.2) is 170 Å². The van der Waals surface area contributed by atoms with Gasteiger partial charge in [-0.2, -0.15) is 0 Å². The lowest BCUT2D eigenvalue weighted by Gasteiger charge is -2.31. The Balaban J connectivity index is 1.02. The van der Waals surface area contributed by atoms with Crippen molar-refractivity contribution in [1.29, 1.82) is 0 Å². The van der Waals surface area contributed by atoms with Gasteiger partial charge in [0.25, 0.3) is 0 Å². The molecule has 0 radical (unpaired) electrons. The van der Waals surface area contributed by atoms with Crippen LogP contribution in [0.2, 0.25) is 0 Å². The predicted molar refractivity (Wildman–Crippen MR) is 296 cm³/mol. The molecule has 0 atom stereocenters. The second kappa shape index (κ2) is 18.1. The summed E-state index contributed by atoms with van der Waals surface area (Å²) in [6, 6.07) is 61.3. The van der Waals surface area contributed by atoms with Gasteiger partial charge in [-0.05, 0) is 139 Å². The van der Waals surface area contributed by atoms with Gasteiger partial charge in [0.05, 0.1) is 11.1 Å². The summed E-state index contributed by atoms with van der Waals surface area (Å²) in [5.41, 5.74) is 22.8. The summed E-state index contributed by atoms with van der Waals surface area (Å²) in [6.07, 6.45) is 8.93. The number of fused-ring (bicyclic) bond motifs is 10. The molecule has 0 bridgehead atoms. The number of benzene rings is 7. The summed E-state index contributed by atoms with van der Waals surface area (Å²) >= 11 is 0. The SMILES string of the molecule is CCCCc1cc(CCCC)cc(-c2ccc3c(c2)C2(c4ccccc4-c4ccccc42)c2cc(-c4ccc(-c5nc(-c6ccc(C(C)(C)C)cc6)nc(-c6ccc(C(C)(C)C)cc6)n5)cn4)ccc2-3)c1. The molecule has 0 unspecified atom stereocenters. The maximum Gasteiger partial charge on any atom is 0.165 e. The zero-order chi connectivity index (χ0) is 49.1. The van der Waals surface area contributed by atoms with Crippen molar-refractivity contribution in [2.75, 3.05) is 0 Å². The highest BCUT2D eigenvalue weighted by atomic mass is 15.0. The molecule has 0 saturated heterocycles. The Morgan fingerprint density at radius 2 is 0.803 bits per heavy atom. The number of rotatable bonds is 11. The molecule has 4 heteroatoms. The third kappa shape index (κ3) is 8.31. The van der Waals surface area contributed by atoms with Gasteiger partial charge in [-0.3, -0.25) is 4.98 Å². The van der Waals surface area contributed by atoms with Crippen LogP contribution in [0.1, 0.15) is 126 Å². The van der Waals surface area contributed by atoms with Crippen molar-refractivity contribution in [1.82, 2.24) is 19.9 Å². The fourth-order valence-electron chi connectivity index (χ4n) is 11.2. The number of nitrogens with zero attached hydrogens (tertiary/aromatic N) is 4. The molecular weight excluding hydrogens is 861 g/mol. The molecule has 0 N–H and O–H groups in total. The van der Waals surface area contributed by atoms with E-state index in [1.54, 1.807) is 0 Å². The molecule has 2 heterocycles. The molecule has 4 nitrogen and oxygen atoms in total. The fraction of sp³-hybridized carbons (Fsp3) is 0.254. The first kappa shape index (κ1) is 46.1. The standard InChI is InChI=1S/C67H64N4/c1-9-11-17-43-37-44(18-12-10-2)39-50(38-43)47-27-34-55-56-35-28-48(41-60(56)67(59(55)40-47)57-21-15-13-19-53(57)54-20-14-16-22-58(54)67)61-36-29-49(42-68-61)64-70-62(45-23-30-51(31-24-45)65(3,4)5)69-63(71-64)46-25-32-52(33-26-46)66(6,7)8/h13-16,19-42H,9-12,17-18H2,1-8H3. The third-order valence-electron chi connectivity index (χ3n) is 15.1. The number of aromatic nitrogens is 4. The van der Waals surface area contributed by atoms with Crippen LogP contribution in [0.5, 0.6) is 0 Å². The first-order valence-electron chi connectivity index (χ1n) is 25.9. The minimum absolute atomic E-state index is 0.0358. The maximum absolute atomic E-state index is 5.20. The monoisotopic (exact) mass is 925 g/mol. The first-order chi connectivity index (χ1) is 34.3. The highest BCUT2D eigenvalue weighted by Gasteiger charge is 2.51. The Hall–Kier alpha value is -7.30. The van der Waals surface area contributed by atoms with Crippen molar-refractivity contribution in [2.45, 2.75) is 110 Å². The highest BCUT2D eigenvalue weighted by molar-refractivity contribution is 5.97. The zero-order valence-corrected chi connectivity index (χ0v) is 42.7. The van der Waals surface area contributed by atoms with Gasteiger partial charge in [0, 0.05) is 28.5 Å². The summed E-state index contributed by atoms with van der Waals surface area (Å²) < 4.78 is 0. The van der Waals surface area contributed by atoms with Crippen LogP contribution < -0.4 is 0 Å². The van der Waals surface area contributed by atoms with Crippen molar-refractivity contribution >= 4 is 0 Å². The van der Waals surface area contributed by atoms with Crippen molar-refractivity contribution in [3.63, 3.8) is 0 Å². The molecule has 2 aliphatic carbocycles. The minimum atomic E-state index is -0.497. The van der Waals surface area contributed by atoms with Gasteiger partial charge in [0.15, 0.2) is 17.5 Å². The van der Waals surface area contributed by atoms with Crippen LogP contribution in [-0.2, 0) is 29.1 Å². The van der Waals surface area contributed by atoms with Crippen LogP contribution >= 0.6 is 0 Å². The number of aryl methyl sites for hydroxylation is 2. The molecule has 7 aromatic carbocycles. The Bertz CT molecular complexity index is 3290. The smallest absolute Gasteiger partial charge is 0.165 e. The molecule has 71 heavy (non-hydrogen) atoms. The van der Waals surface area contributed by atoms with Crippen molar-refractivity contribution in [3.8, 4) is 78.8 Å². The van der Waals surface area contributed by atoms with Crippen LogP contribution in [0.25, 0.3) is 78.8 Å². The van der Waals surface area contributed by atoms with E-state index in [2.05, 4.69) is 219 Å². The Morgan fingerprint density at radius 1 is 0.380 bits per heavy atom. The Kier molecular flexibility index (Phi) is 11.8. The topological polar surface area (TPSA) is 51.6 Å². The first-order valence-corrected chi connectivity index (χ1v) is 25.9. The van der Waals surface area contributed by atoms with E-state index in [-0.39, 0.29) is 10.8 Å². The Labute approximate surface area is 421 Å². The summed E-state index contributed by atoms with van der Waals surface area (Å²) in [5, 5.41) is 0. The van der Waals surface area contributed by atoms with Crippen molar-refractivity contribution in [2.24, 2.45) is 0 Å². The van der Waals surface area contributed by atoms with Gasteiger partial charge in [-0.15, -0.1) is 0 Å². The molecule has 0 saturated carbocycles. The van der Waals surface area contributed by atoms with Gasteiger partial charge in [0.1, 0.15) is 0 Å². The lowest BCUT2D eigenvalue weighted by Crippen LogP contribution is -2.26. The van der Waals surface area contributed by atoms with E-state index in [0.29, 0.717) is 17.5 Å². The van der Waals surface area contributed by atoms with Gasteiger partial charge in [-0.1, -0.05) is 208 Å². The minimum Gasteiger partial charge on any atom is -0.255 e. The summed E-state index contributed by atoms with van der Waals surface area (Å²) in [5.74, 6) is 1.87. The molecule has 2 aromatic heterocycles. The van der Waals surface area contributed by atoms with E-state index in [1.807, 2.05) is 6.20 Å². The molecule has 0 amide bonds. The van der Waals surface area contributed by atoms with Gasteiger partial charge in [-0.25, -0.2) is 15.0 Å². The molecule has 2 aliphatic rings. The third-order valence-corrected chi connectivity index (χ3v) is 15.1. The van der Waals surface area contributed by atoms with Crippen LogP contribution in [0, 0.1) is 0 Å². The highest BCUT2D eigenvalue weighted by Crippen LogP contribution is 2.63. The summed E-state index contributed by atoms with van der Waals surface area (Å²) in [7, 11) is 0. The molecule has 11 rings (SSSR count). The van der Waals surface area contributed by atoms with Gasteiger partial charge in [0.2, 0.25) is 0 Å². The van der Waals surface area contributed by atoms with Gasteiger partial charge < -0.3 is 0 Å². The molecule has 352 valence electrons. The summed E-state index contributed by atoms with van der Waals surface area (Å²) in [6.45, 7) is 18.0. The largest absolute Gasteiger partial charge is 0.255 e. The van der Waals surface area contributed by atoms with Crippen LogP contribution in [0.4, 0.5) is 0 Å². The van der Waals surface area contributed by atoms with Crippen molar-refractivity contribution in [3.05, 3.63) is 214 Å². The average Bonchev–Trinajstić information content (AvgIpc) is 3.86. The Morgan fingerprint density at radius 3 is 1.27 bits per heavy atom. The van der Waals surface area contributed by atoms with E-state index >= 15 is 0 Å². The molecule has 9 aromatic rings. The average molecular weight is 925 g/mol. The predicted octanol–water partition coefficient (Wildman–Crippen LogP) is 17.2. The molecule has 0 fully saturated rings. The maximum atomic E-state index is 5.20. The normalized spacial score (nSPS) is 13.2. The fourth-order valence-corrected chi connectivity index (χ4v) is 11.2. The zero-order valence-electron chi connectivity index (χ0n) is 42.7. The van der Waals surface area contributed by atoms with E-state index in [1.165, 1.54) is 104 Å². The van der Waals surface area contributed by atoms with E-state index in [9.17, 15) is 0 Å². The lowest BCUT2D eigenvalue weighted by molar-refractivity contribution is 0.590.